The van der Waals surface area contributed by atoms with Gasteiger partial charge in [0.15, 0.2) is 0 Å². The standard InChI is InChI=1S/C21H29N3O/c1-23-11-12-24(2)20(16-23)15-22-14-19-10-9-18(13-21(19)25-3)17-7-5-4-6-8-17/h4-10,13,20,22H,11-12,14-16H2,1-3H3/t20-/m0/s1. The molecule has 0 aromatic heterocycles. The van der Waals surface area contributed by atoms with Crippen molar-refractivity contribution >= 4 is 0 Å². The van der Waals surface area contributed by atoms with Crippen LogP contribution in [0.25, 0.3) is 11.1 Å². The van der Waals surface area contributed by atoms with Crippen molar-refractivity contribution in [3.05, 3.63) is 54.1 Å². The summed E-state index contributed by atoms with van der Waals surface area (Å²) in [6.45, 7) is 5.23. The molecule has 1 aliphatic rings. The molecule has 4 heteroatoms. The molecule has 1 heterocycles. The minimum atomic E-state index is 0.563. The van der Waals surface area contributed by atoms with Crippen molar-refractivity contribution in [2.75, 3.05) is 47.4 Å². The van der Waals surface area contributed by atoms with Crippen LogP contribution < -0.4 is 10.1 Å². The first kappa shape index (κ1) is 17.9. The fourth-order valence-corrected chi connectivity index (χ4v) is 3.40. The Morgan fingerprint density at radius 1 is 1.04 bits per heavy atom. The Labute approximate surface area is 151 Å². The fourth-order valence-electron chi connectivity index (χ4n) is 3.40. The van der Waals surface area contributed by atoms with Gasteiger partial charge >= 0.3 is 0 Å². The summed E-state index contributed by atoms with van der Waals surface area (Å²) in [4.78, 5) is 4.85. The first-order chi connectivity index (χ1) is 12.2. The predicted octanol–water partition coefficient (Wildman–Crippen LogP) is 2.70. The van der Waals surface area contributed by atoms with Crippen LogP contribution in [-0.4, -0.2) is 63.2 Å². The third kappa shape index (κ3) is 4.60. The fraction of sp³-hybridized carbons (Fsp3) is 0.429. The maximum Gasteiger partial charge on any atom is 0.123 e. The van der Waals surface area contributed by atoms with E-state index in [1.165, 1.54) is 16.7 Å². The van der Waals surface area contributed by atoms with Gasteiger partial charge in [-0.15, -0.1) is 0 Å². The zero-order valence-corrected chi connectivity index (χ0v) is 15.5. The summed E-state index contributed by atoms with van der Waals surface area (Å²) in [6, 6.07) is 17.5. The average molecular weight is 339 g/mol. The Morgan fingerprint density at radius 2 is 1.84 bits per heavy atom. The van der Waals surface area contributed by atoms with Gasteiger partial charge < -0.3 is 15.0 Å². The van der Waals surface area contributed by atoms with Crippen LogP contribution in [0.15, 0.2) is 48.5 Å². The van der Waals surface area contributed by atoms with Gasteiger partial charge in [-0.2, -0.15) is 0 Å². The Kier molecular flexibility index (Phi) is 6.08. The average Bonchev–Trinajstić information content (AvgIpc) is 2.65. The summed E-state index contributed by atoms with van der Waals surface area (Å²) >= 11 is 0. The molecule has 134 valence electrons. The van der Waals surface area contributed by atoms with Crippen molar-refractivity contribution < 1.29 is 4.74 Å². The van der Waals surface area contributed by atoms with Gasteiger partial charge in [-0.1, -0.05) is 42.5 Å². The van der Waals surface area contributed by atoms with Crippen LogP contribution in [0.4, 0.5) is 0 Å². The van der Waals surface area contributed by atoms with E-state index in [0.29, 0.717) is 6.04 Å². The van der Waals surface area contributed by atoms with Gasteiger partial charge in [-0.25, -0.2) is 0 Å². The van der Waals surface area contributed by atoms with Gasteiger partial charge in [0.05, 0.1) is 7.11 Å². The molecule has 0 unspecified atom stereocenters. The summed E-state index contributed by atoms with van der Waals surface area (Å²) in [5.41, 5.74) is 3.61. The number of ether oxygens (including phenoxy) is 1. The van der Waals surface area contributed by atoms with Crippen LogP contribution in [0.2, 0.25) is 0 Å². The molecule has 3 rings (SSSR count). The zero-order valence-electron chi connectivity index (χ0n) is 15.5. The smallest absolute Gasteiger partial charge is 0.123 e. The molecule has 1 aliphatic heterocycles. The van der Waals surface area contributed by atoms with Crippen LogP contribution in [-0.2, 0) is 6.54 Å². The van der Waals surface area contributed by atoms with E-state index >= 15 is 0 Å². The number of rotatable bonds is 6. The largest absolute Gasteiger partial charge is 0.496 e. The van der Waals surface area contributed by atoms with Crippen molar-refractivity contribution in [3.8, 4) is 16.9 Å². The molecular formula is C21H29N3O. The molecule has 0 radical (unpaired) electrons. The molecule has 1 atom stereocenters. The highest BCUT2D eigenvalue weighted by atomic mass is 16.5. The number of methoxy groups -OCH3 is 1. The highest BCUT2D eigenvalue weighted by Crippen LogP contribution is 2.27. The Bertz CT molecular complexity index is 674. The van der Waals surface area contributed by atoms with E-state index in [2.05, 4.69) is 71.7 Å². The predicted molar refractivity (Wildman–Crippen MR) is 104 cm³/mol. The topological polar surface area (TPSA) is 27.7 Å². The van der Waals surface area contributed by atoms with Crippen LogP contribution in [0.5, 0.6) is 5.75 Å². The second kappa shape index (κ2) is 8.48. The van der Waals surface area contributed by atoms with Gasteiger partial charge in [0.2, 0.25) is 0 Å². The van der Waals surface area contributed by atoms with Gasteiger partial charge in [0.25, 0.3) is 0 Å². The third-order valence-corrected chi connectivity index (χ3v) is 5.07. The molecule has 0 spiro atoms. The van der Waals surface area contributed by atoms with Gasteiger partial charge in [-0.3, -0.25) is 4.90 Å². The van der Waals surface area contributed by atoms with Crippen LogP contribution >= 0.6 is 0 Å². The minimum absolute atomic E-state index is 0.563. The number of likely N-dealkylation sites (N-methyl/N-ethyl adjacent to an activating group) is 2. The van der Waals surface area contributed by atoms with E-state index in [9.17, 15) is 0 Å². The number of hydrogen-bond donors (Lipinski definition) is 1. The van der Waals surface area contributed by atoms with Crippen molar-refractivity contribution in [1.29, 1.82) is 0 Å². The van der Waals surface area contributed by atoms with E-state index < -0.39 is 0 Å². The number of nitrogens with zero attached hydrogens (tertiary/aromatic N) is 2. The molecule has 0 amide bonds. The van der Waals surface area contributed by atoms with E-state index in [4.69, 9.17) is 4.74 Å². The molecule has 25 heavy (non-hydrogen) atoms. The lowest BCUT2D eigenvalue weighted by Gasteiger charge is -2.37. The molecular weight excluding hydrogens is 310 g/mol. The molecule has 1 N–H and O–H groups in total. The van der Waals surface area contributed by atoms with E-state index in [1.807, 2.05) is 6.07 Å². The third-order valence-electron chi connectivity index (χ3n) is 5.07. The minimum Gasteiger partial charge on any atom is -0.496 e. The molecule has 1 saturated heterocycles. The van der Waals surface area contributed by atoms with Crippen molar-refractivity contribution in [3.63, 3.8) is 0 Å². The molecule has 2 aromatic carbocycles. The Hall–Kier alpha value is -1.88. The maximum atomic E-state index is 5.63. The Morgan fingerprint density at radius 3 is 2.60 bits per heavy atom. The summed E-state index contributed by atoms with van der Waals surface area (Å²) in [6.07, 6.45) is 0. The molecule has 0 saturated carbocycles. The summed E-state index contributed by atoms with van der Waals surface area (Å²) < 4.78 is 5.63. The van der Waals surface area contributed by atoms with Gasteiger partial charge in [0.1, 0.15) is 5.75 Å². The number of hydrogen-bond acceptors (Lipinski definition) is 4. The molecule has 1 fully saturated rings. The van der Waals surface area contributed by atoms with Crippen molar-refractivity contribution in [1.82, 2.24) is 15.1 Å². The van der Waals surface area contributed by atoms with Crippen LogP contribution in [0.3, 0.4) is 0 Å². The summed E-state index contributed by atoms with van der Waals surface area (Å²) in [5.74, 6) is 0.947. The molecule has 4 nitrogen and oxygen atoms in total. The van der Waals surface area contributed by atoms with Gasteiger partial charge in [-0.05, 0) is 31.3 Å². The van der Waals surface area contributed by atoms with Crippen LogP contribution in [0.1, 0.15) is 5.56 Å². The van der Waals surface area contributed by atoms with Gasteiger partial charge in [0, 0.05) is 44.3 Å². The SMILES string of the molecule is COc1cc(-c2ccccc2)ccc1CNC[C@H]1CN(C)CCN1C. The highest BCUT2D eigenvalue weighted by molar-refractivity contribution is 5.66. The monoisotopic (exact) mass is 339 g/mol. The molecule has 0 aliphatic carbocycles. The Balaban J connectivity index is 1.62. The quantitative estimate of drug-likeness (QED) is 0.876. The van der Waals surface area contributed by atoms with E-state index in [0.717, 1.165) is 38.5 Å². The zero-order chi connectivity index (χ0) is 17.6. The van der Waals surface area contributed by atoms with E-state index in [1.54, 1.807) is 7.11 Å². The number of nitrogens with one attached hydrogen (secondary N) is 1. The first-order valence-corrected chi connectivity index (χ1v) is 8.99. The maximum absolute atomic E-state index is 5.63. The summed E-state index contributed by atoms with van der Waals surface area (Å²) in [5, 5.41) is 3.61. The first-order valence-electron chi connectivity index (χ1n) is 8.99. The summed E-state index contributed by atoms with van der Waals surface area (Å²) in [7, 11) is 6.16. The van der Waals surface area contributed by atoms with Crippen molar-refractivity contribution in [2.24, 2.45) is 0 Å². The molecule has 0 bridgehead atoms. The van der Waals surface area contributed by atoms with Crippen LogP contribution in [0, 0.1) is 0 Å². The second-order valence-electron chi connectivity index (χ2n) is 6.92. The number of benzene rings is 2. The lowest BCUT2D eigenvalue weighted by Crippen LogP contribution is -2.53. The number of piperazine rings is 1. The van der Waals surface area contributed by atoms with E-state index in [-0.39, 0.29) is 0 Å². The van der Waals surface area contributed by atoms with Crippen molar-refractivity contribution in [2.45, 2.75) is 12.6 Å². The lowest BCUT2D eigenvalue weighted by molar-refractivity contribution is 0.113. The highest BCUT2D eigenvalue weighted by Gasteiger charge is 2.21. The molecule has 2 aromatic rings. The lowest BCUT2D eigenvalue weighted by atomic mass is 10.0. The normalized spacial score (nSPS) is 19.1. The second-order valence-corrected chi connectivity index (χ2v) is 6.92.